The number of ether oxygens (including phenoxy) is 1. The average molecular weight is 227 g/mol. The zero-order valence-corrected chi connectivity index (χ0v) is 11.3. The summed E-state index contributed by atoms with van der Waals surface area (Å²) in [5.74, 6) is 0.828. The summed E-state index contributed by atoms with van der Waals surface area (Å²) in [6.45, 7) is 9.86. The quantitative estimate of drug-likeness (QED) is 0.673. The summed E-state index contributed by atoms with van der Waals surface area (Å²) in [5.41, 5.74) is 0.142. The standard InChI is InChI=1S/C14H29NO/c1-4-9-15-12-14(16-10-5-2)8-6-7-13(3)11-14/h13,15H,4-12H2,1-3H3. The fraction of sp³-hybridized carbons (Fsp3) is 1.00. The Morgan fingerprint density at radius 3 is 2.75 bits per heavy atom. The molecule has 2 heteroatoms. The van der Waals surface area contributed by atoms with E-state index in [2.05, 4.69) is 26.1 Å². The molecule has 0 heterocycles. The lowest BCUT2D eigenvalue weighted by Crippen LogP contribution is -2.46. The van der Waals surface area contributed by atoms with Crippen molar-refractivity contribution in [1.82, 2.24) is 5.32 Å². The van der Waals surface area contributed by atoms with Gasteiger partial charge in [0.15, 0.2) is 0 Å². The number of rotatable bonds is 7. The van der Waals surface area contributed by atoms with Crippen LogP contribution in [0.3, 0.4) is 0 Å². The Balaban J connectivity index is 2.45. The second-order valence-corrected chi connectivity index (χ2v) is 5.41. The van der Waals surface area contributed by atoms with Gasteiger partial charge in [-0.05, 0) is 38.1 Å². The predicted molar refractivity (Wildman–Crippen MR) is 69.8 cm³/mol. The van der Waals surface area contributed by atoms with Crippen LogP contribution in [0, 0.1) is 5.92 Å². The van der Waals surface area contributed by atoms with E-state index in [0.717, 1.165) is 32.0 Å². The van der Waals surface area contributed by atoms with E-state index in [0.29, 0.717) is 0 Å². The Bertz CT molecular complexity index is 184. The molecule has 0 aliphatic heterocycles. The van der Waals surface area contributed by atoms with E-state index in [1.807, 2.05) is 0 Å². The molecule has 16 heavy (non-hydrogen) atoms. The van der Waals surface area contributed by atoms with Gasteiger partial charge in [0.2, 0.25) is 0 Å². The molecule has 0 amide bonds. The van der Waals surface area contributed by atoms with Gasteiger partial charge in [-0.3, -0.25) is 0 Å². The smallest absolute Gasteiger partial charge is 0.0808 e. The van der Waals surface area contributed by atoms with Gasteiger partial charge in [0.05, 0.1) is 5.60 Å². The lowest BCUT2D eigenvalue weighted by molar-refractivity contribution is -0.0789. The average Bonchev–Trinajstić information content (AvgIpc) is 2.27. The maximum atomic E-state index is 6.17. The van der Waals surface area contributed by atoms with Gasteiger partial charge in [-0.1, -0.05) is 33.6 Å². The molecule has 1 fully saturated rings. The van der Waals surface area contributed by atoms with Gasteiger partial charge in [0.25, 0.3) is 0 Å². The topological polar surface area (TPSA) is 21.3 Å². The molecule has 2 unspecified atom stereocenters. The van der Waals surface area contributed by atoms with Crippen LogP contribution < -0.4 is 5.32 Å². The maximum absolute atomic E-state index is 6.17. The third kappa shape index (κ3) is 4.42. The Kier molecular flexibility index (Phi) is 6.37. The molecule has 96 valence electrons. The van der Waals surface area contributed by atoms with Crippen LogP contribution in [0.2, 0.25) is 0 Å². The highest BCUT2D eigenvalue weighted by atomic mass is 16.5. The van der Waals surface area contributed by atoms with Gasteiger partial charge in [0.1, 0.15) is 0 Å². The van der Waals surface area contributed by atoms with Crippen LogP contribution >= 0.6 is 0 Å². The SMILES string of the molecule is CCCNCC1(OCCC)CCCC(C)C1. The molecule has 1 N–H and O–H groups in total. The lowest BCUT2D eigenvalue weighted by atomic mass is 9.78. The predicted octanol–water partition coefficient (Wildman–Crippen LogP) is 3.36. The summed E-state index contributed by atoms with van der Waals surface area (Å²) in [6, 6.07) is 0. The normalized spacial score (nSPS) is 30.6. The highest BCUT2D eigenvalue weighted by Gasteiger charge is 2.35. The zero-order chi connectivity index (χ0) is 11.9. The molecule has 0 spiro atoms. The molecule has 1 rings (SSSR count). The molecule has 2 nitrogen and oxygen atoms in total. The number of hydrogen-bond acceptors (Lipinski definition) is 2. The summed E-state index contributed by atoms with van der Waals surface area (Å²) >= 11 is 0. The first-order valence-electron chi connectivity index (χ1n) is 7.07. The van der Waals surface area contributed by atoms with Crippen molar-refractivity contribution >= 4 is 0 Å². The summed E-state index contributed by atoms with van der Waals surface area (Å²) in [5, 5.41) is 3.55. The summed E-state index contributed by atoms with van der Waals surface area (Å²) in [7, 11) is 0. The minimum Gasteiger partial charge on any atom is -0.374 e. The molecule has 0 saturated heterocycles. The molecule has 0 radical (unpaired) electrons. The van der Waals surface area contributed by atoms with Crippen molar-refractivity contribution in [1.29, 1.82) is 0 Å². The molecule has 2 atom stereocenters. The monoisotopic (exact) mass is 227 g/mol. The van der Waals surface area contributed by atoms with Crippen molar-refractivity contribution in [2.45, 2.75) is 64.9 Å². The maximum Gasteiger partial charge on any atom is 0.0808 e. The second kappa shape index (κ2) is 7.29. The zero-order valence-electron chi connectivity index (χ0n) is 11.3. The number of hydrogen-bond donors (Lipinski definition) is 1. The molecular weight excluding hydrogens is 198 g/mol. The van der Waals surface area contributed by atoms with E-state index in [-0.39, 0.29) is 5.60 Å². The highest BCUT2D eigenvalue weighted by molar-refractivity contribution is 4.89. The minimum absolute atomic E-state index is 0.142. The number of nitrogens with one attached hydrogen (secondary N) is 1. The van der Waals surface area contributed by atoms with Crippen molar-refractivity contribution in [2.24, 2.45) is 5.92 Å². The largest absolute Gasteiger partial charge is 0.374 e. The van der Waals surface area contributed by atoms with Gasteiger partial charge in [-0.2, -0.15) is 0 Å². The van der Waals surface area contributed by atoms with Crippen LogP contribution in [-0.4, -0.2) is 25.3 Å². The van der Waals surface area contributed by atoms with Crippen LogP contribution in [0.5, 0.6) is 0 Å². The fourth-order valence-electron chi connectivity index (χ4n) is 2.77. The third-order valence-corrected chi connectivity index (χ3v) is 3.54. The lowest BCUT2D eigenvalue weighted by Gasteiger charge is -2.40. The van der Waals surface area contributed by atoms with Gasteiger partial charge < -0.3 is 10.1 Å². The van der Waals surface area contributed by atoms with Gasteiger partial charge >= 0.3 is 0 Å². The van der Waals surface area contributed by atoms with Crippen LogP contribution in [-0.2, 0) is 4.74 Å². The van der Waals surface area contributed by atoms with E-state index in [1.54, 1.807) is 0 Å². The third-order valence-electron chi connectivity index (χ3n) is 3.54. The Labute approximate surface area is 101 Å². The summed E-state index contributed by atoms with van der Waals surface area (Å²) < 4.78 is 6.17. The van der Waals surface area contributed by atoms with E-state index in [9.17, 15) is 0 Å². The van der Waals surface area contributed by atoms with Crippen molar-refractivity contribution in [3.63, 3.8) is 0 Å². The molecule has 0 aromatic heterocycles. The Morgan fingerprint density at radius 1 is 1.31 bits per heavy atom. The molecule has 1 aliphatic carbocycles. The van der Waals surface area contributed by atoms with E-state index in [4.69, 9.17) is 4.74 Å². The second-order valence-electron chi connectivity index (χ2n) is 5.41. The fourth-order valence-corrected chi connectivity index (χ4v) is 2.77. The summed E-state index contributed by atoms with van der Waals surface area (Å²) in [4.78, 5) is 0. The summed E-state index contributed by atoms with van der Waals surface area (Å²) in [6.07, 6.45) is 7.53. The van der Waals surface area contributed by atoms with E-state index in [1.165, 1.54) is 32.1 Å². The molecular formula is C14H29NO. The minimum atomic E-state index is 0.142. The van der Waals surface area contributed by atoms with Gasteiger partial charge in [0, 0.05) is 13.2 Å². The molecule has 1 saturated carbocycles. The Morgan fingerprint density at radius 2 is 2.12 bits per heavy atom. The van der Waals surface area contributed by atoms with Crippen molar-refractivity contribution in [3.05, 3.63) is 0 Å². The van der Waals surface area contributed by atoms with Crippen LogP contribution in [0.25, 0.3) is 0 Å². The Hall–Kier alpha value is -0.0800. The molecule has 0 aromatic carbocycles. The van der Waals surface area contributed by atoms with Crippen LogP contribution in [0.4, 0.5) is 0 Å². The highest BCUT2D eigenvalue weighted by Crippen LogP contribution is 2.34. The van der Waals surface area contributed by atoms with Crippen molar-refractivity contribution in [2.75, 3.05) is 19.7 Å². The molecule has 0 bridgehead atoms. The van der Waals surface area contributed by atoms with Gasteiger partial charge in [-0.25, -0.2) is 0 Å². The first-order chi connectivity index (χ1) is 7.72. The van der Waals surface area contributed by atoms with E-state index < -0.39 is 0 Å². The molecule has 0 aromatic rings. The van der Waals surface area contributed by atoms with Crippen molar-refractivity contribution in [3.8, 4) is 0 Å². The van der Waals surface area contributed by atoms with Crippen LogP contribution in [0.1, 0.15) is 59.3 Å². The van der Waals surface area contributed by atoms with Gasteiger partial charge in [-0.15, -0.1) is 0 Å². The first kappa shape index (κ1) is 14.0. The van der Waals surface area contributed by atoms with Crippen molar-refractivity contribution < 1.29 is 4.74 Å². The van der Waals surface area contributed by atoms with E-state index >= 15 is 0 Å². The van der Waals surface area contributed by atoms with Crippen LogP contribution in [0.15, 0.2) is 0 Å². The first-order valence-corrected chi connectivity index (χ1v) is 7.07. The molecule has 1 aliphatic rings.